The lowest BCUT2D eigenvalue weighted by molar-refractivity contribution is -0.191. The first-order valence-electron chi connectivity index (χ1n) is 11.6. The van der Waals surface area contributed by atoms with E-state index in [4.69, 9.17) is 14.0 Å². The van der Waals surface area contributed by atoms with Crippen molar-refractivity contribution in [3.63, 3.8) is 0 Å². The van der Waals surface area contributed by atoms with Gasteiger partial charge in [0.1, 0.15) is 5.82 Å². The highest BCUT2D eigenvalue weighted by Gasteiger charge is 2.45. The second-order valence-corrected chi connectivity index (χ2v) is 8.84. The predicted octanol–water partition coefficient (Wildman–Crippen LogP) is 4.62. The second kappa shape index (κ2) is 9.35. The molecule has 6 rings (SSSR count). The maximum absolute atomic E-state index is 13.4. The summed E-state index contributed by atoms with van der Waals surface area (Å²) in [5.74, 6) is -0.568. The molecule has 0 unspecified atom stereocenters. The molecule has 2 fully saturated rings. The highest BCUT2D eigenvalue weighted by Crippen LogP contribution is 2.39. The Morgan fingerprint density at radius 3 is 2.58 bits per heavy atom. The molecule has 0 N–H and O–H groups in total. The van der Waals surface area contributed by atoms with Gasteiger partial charge in [-0.1, -0.05) is 29.4 Å². The SMILES string of the molecule is C=C.Fc1ccc2c(C3CCN(CN4Cc5ccccc5C5(C4)OCCO5)CC3)noc2c1. The number of hydrogen-bond acceptors (Lipinski definition) is 6. The highest BCUT2D eigenvalue weighted by molar-refractivity contribution is 5.79. The number of piperidine rings is 1. The number of fused-ring (bicyclic) bond motifs is 3. The van der Waals surface area contributed by atoms with Crippen LogP contribution in [0.2, 0.25) is 0 Å². The van der Waals surface area contributed by atoms with Gasteiger partial charge in [-0.05, 0) is 30.5 Å². The summed E-state index contributed by atoms with van der Waals surface area (Å²) >= 11 is 0. The molecule has 7 heteroatoms. The summed E-state index contributed by atoms with van der Waals surface area (Å²) in [5.41, 5.74) is 3.96. The zero-order valence-corrected chi connectivity index (χ0v) is 18.8. The van der Waals surface area contributed by atoms with Crippen molar-refractivity contribution in [2.45, 2.75) is 31.1 Å². The smallest absolute Gasteiger partial charge is 0.208 e. The first kappa shape index (κ1) is 22.2. The van der Waals surface area contributed by atoms with Crippen LogP contribution in [0.25, 0.3) is 11.0 Å². The third kappa shape index (κ3) is 4.22. The first-order chi connectivity index (χ1) is 16.2. The second-order valence-electron chi connectivity index (χ2n) is 8.84. The van der Waals surface area contributed by atoms with Crippen molar-refractivity contribution in [2.75, 3.05) is 39.5 Å². The van der Waals surface area contributed by atoms with Crippen molar-refractivity contribution in [1.82, 2.24) is 15.0 Å². The largest absolute Gasteiger partial charge is 0.356 e. The molecule has 1 aromatic heterocycles. The summed E-state index contributed by atoms with van der Waals surface area (Å²) in [7, 11) is 0. The van der Waals surface area contributed by atoms with E-state index in [1.165, 1.54) is 23.3 Å². The van der Waals surface area contributed by atoms with Gasteiger partial charge in [-0.3, -0.25) is 9.80 Å². The maximum Gasteiger partial charge on any atom is 0.208 e. The standard InChI is InChI=1S/C24H26FN3O3.C2H4/c25-19-5-6-20-22(13-19)31-26-23(20)17-7-9-27(10-8-17)16-28-14-18-3-1-2-4-21(18)24(15-28)29-11-12-30-24;1-2/h1-6,13,17H,7-12,14-16H2;1-2H2. The number of likely N-dealkylation sites (tertiary alicyclic amines) is 1. The Morgan fingerprint density at radius 1 is 1.03 bits per heavy atom. The highest BCUT2D eigenvalue weighted by atomic mass is 19.1. The Bertz CT molecular complexity index is 1100. The third-order valence-corrected chi connectivity index (χ3v) is 6.84. The van der Waals surface area contributed by atoms with Crippen LogP contribution >= 0.6 is 0 Å². The summed E-state index contributed by atoms with van der Waals surface area (Å²) in [4.78, 5) is 4.93. The van der Waals surface area contributed by atoms with E-state index >= 15 is 0 Å². The molecule has 0 radical (unpaired) electrons. The van der Waals surface area contributed by atoms with E-state index in [1.807, 2.05) is 0 Å². The Hall–Kier alpha value is -2.58. The minimum Gasteiger partial charge on any atom is -0.356 e. The predicted molar refractivity (Wildman–Crippen MR) is 124 cm³/mol. The van der Waals surface area contributed by atoms with Gasteiger partial charge in [0.05, 0.1) is 32.1 Å². The van der Waals surface area contributed by atoms with Crippen molar-refractivity contribution >= 4 is 11.0 Å². The Balaban J connectivity index is 0.00000111. The molecule has 0 bridgehead atoms. The van der Waals surface area contributed by atoms with Crippen LogP contribution in [0.1, 0.15) is 35.6 Å². The quantitative estimate of drug-likeness (QED) is 0.542. The average Bonchev–Trinajstić information content (AvgIpc) is 3.48. The number of halogens is 1. The molecule has 0 amide bonds. The van der Waals surface area contributed by atoms with Crippen LogP contribution < -0.4 is 0 Å². The number of ether oxygens (including phenoxy) is 2. The van der Waals surface area contributed by atoms with E-state index in [-0.39, 0.29) is 5.82 Å². The number of hydrogen-bond donors (Lipinski definition) is 0. The molecule has 33 heavy (non-hydrogen) atoms. The molecule has 3 aromatic rings. The van der Waals surface area contributed by atoms with Gasteiger partial charge in [0.15, 0.2) is 5.58 Å². The molecular weight excluding hydrogens is 421 g/mol. The van der Waals surface area contributed by atoms with Gasteiger partial charge in [0, 0.05) is 42.6 Å². The summed E-state index contributed by atoms with van der Waals surface area (Å²) < 4.78 is 31.1. The van der Waals surface area contributed by atoms with E-state index < -0.39 is 5.79 Å². The van der Waals surface area contributed by atoms with Crippen molar-refractivity contribution in [3.8, 4) is 0 Å². The number of benzene rings is 2. The third-order valence-electron chi connectivity index (χ3n) is 6.84. The summed E-state index contributed by atoms with van der Waals surface area (Å²) in [5, 5.41) is 5.21. The van der Waals surface area contributed by atoms with Crippen LogP contribution in [0.5, 0.6) is 0 Å². The lowest BCUT2D eigenvalue weighted by atomic mass is 9.91. The zero-order chi connectivity index (χ0) is 22.8. The van der Waals surface area contributed by atoms with E-state index in [9.17, 15) is 4.39 Å². The first-order valence-corrected chi connectivity index (χ1v) is 11.6. The van der Waals surface area contributed by atoms with E-state index in [0.717, 1.165) is 56.8 Å². The number of aromatic nitrogens is 1. The number of rotatable bonds is 3. The molecule has 3 aliphatic rings. The fourth-order valence-electron chi connectivity index (χ4n) is 5.36. The summed E-state index contributed by atoms with van der Waals surface area (Å²) in [6.45, 7) is 11.8. The van der Waals surface area contributed by atoms with Gasteiger partial charge in [-0.2, -0.15) is 0 Å². The van der Waals surface area contributed by atoms with Gasteiger partial charge in [-0.25, -0.2) is 4.39 Å². The Labute approximate surface area is 193 Å². The van der Waals surface area contributed by atoms with E-state index in [2.05, 4.69) is 52.4 Å². The lowest BCUT2D eigenvalue weighted by Gasteiger charge is -2.43. The lowest BCUT2D eigenvalue weighted by Crippen LogP contribution is -2.51. The maximum atomic E-state index is 13.4. The zero-order valence-electron chi connectivity index (χ0n) is 18.8. The minimum absolute atomic E-state index is 0.291. The van der Waals surface area contributed by atoms with Crippen molar-refractivity contribution in [2.24, 2.45) is 0 Å². The monoisotopic (exact) mass is 451 g/mol. The van der Waals surface area contributed by atoms with Gasteiger partial charge in [0.2, 0.25) is 5.79 Å². The fourth-order valence-corrected chi connectivity index (χ4v) is 5.36. The van der Waals surface area contributed by atoms with Crippen molar-refractivity contribution < 1.29 is 18.4 Å². The van der Waals surface area contributed by atoms with E-state index in [0.29, 0.717) is 24.7 Å². The molecular formula is C26H30FN3O3. The van der Waals surface area contributed by atoms with Gasteiger partial charge >= 0.3 is 0 Å². The van der Waals surface area contributed by atoms with Crippen LogP contribution in [0, 0.1) is 5.82 Å². The van der Waals surface area contributed by atoms with Crippen LogP contribution in [-0.4, -0.2) is 54.5 Å². The summed E-state index contributed by atoms with van der Waals surface area (Å²) in [6, 6.07) is 13.2. The molecule has 4 heterocycles. The molecule has 3 aliphatic heterocycles. The van der Waals surface area contributed by atoms with Crippen molar-refractivity contribution in [3.05, 3.63) is 78.3 Å². The van der Waals surface area contributed by atoms with E-state index in [1.54, 1.807) is 6.07 Å². The van der Waals surface area contributed by atoms with Crippen molar-refractivity contribution in [1.29, 1.82) is 0 Å². The molecule has 1 spiro atoms. The molecule has 174 valence electrons. The number of nitrogens with zero attached hydrogens (tertiary/aromatic N) is 3. The topological polar surface area (TPSA) is 51.0 Å². The van der Waals surface area contributed by atoms with Crippen LogP contribution in [0.4, 0.5) is 4.39 Å². The van der Waals surface area contributed by atoms with Gasteiger partial charge in [0.25, 0.3) is 0 Å². The molecule has 0 atom stereocenters. The molecule has 2 aromatic carbocycles. The molecule has 0 saturated carbocycles. The van der Waals surface area contributed by atoms with Crippen LogP contribution in [0.3, 0.4) is 0 Å². The normalized spacial score (nSPS) is 21.1. The van der Waals surface area contributed by atoms with Crippen LogP contribution in [0.15, 0.2) is 60.1 Å². The molecule has 6 nitrogen and oxygen atoms in total. The minimum atomic E-state index is -0.623. The average molecular weight is 452 g/mol. The molecule has 0 aliphatic carbocycles. The molecule has 2 saturated heterocycles. The fraction of sp³-hybridized carbons (Fsp3) is 0.423. The van der Waals surface area contributed by atoms with Gasteiger partial charge < -0.3 is 14.0 Å². The van der Waals surface area contributed by atoms with Gasteiger partial charge in [-0.15, -0.1) is 13.2 Å². The Morgan fingerprint density at radius 2 is 1.79 bits per heavy atom. The summed E-state index contributed by atoms with van der Waals surface area (Å²) in [6.07, 6.45) is 2.03. The van der Waals surface area contributed by atoms with Crippen LogP contribution in [-0.2, 0) is 21.8 Å². The Kier molecular flexibility index (Phi) is 6.29.